The molecular formula is C13H18Br2N2O. The highest BCUT2D eigenvalue weighted by atomic mass is 79.9. The van der Waals surface area contributed by atoms with Crippen molar-refractivity contribution in [1.82, 2.24) is 10.2 Å². The molecule has 0 bridgehead atoms. The molecule has 1 aromatic carbocycles. The van der Waals surface area contributed by atoms with Crippen molar-refractivity contribution >= 4 is 37.8 Å². The van der Waals surface area contributed by atoms with Crippen molar-refractivity contribution in [2.24, 2.45) is 0 Å². The number of likely N-dealkylation sites (N-methyl/N-ethyl adjacent to an activating group) is 1. The Morgan fingerprint density at radius 3 is 2.44 bits per heavy atom. The number of nitrogens with one attached hydrogen (secondary N) is 1. The molecule has 0 atom stereocenters. The van der Waals surface area contributed by atoms with Gasteiger partial charge in [-0.05, 0) is 63.4 Å². The normalized spacial score (nSPS) is 10.4. The van der Waals surface area contributed by atoms with Crippen LogP contribution in [-0.2, 0) is 11.3 Å². The summed E-state index contributed by atoms with van der Waals surface area (Å²) in [4.78, 5) is 13.6. The zero-order valence-corrected chi connectivity index (χ0v) is 13.8. The van der Waals surface area contributed by atoms with Gasteiger partial charge in [-0.1, -0.05) is 6.07 Å². The Balaban J connectivity index is 2.41. The minimum Gasteiger partial charge on any atom is -0.342 e. The number of carbonyl (C=O) groups is 1. The van der Waals surface area contributed by atoms with E-state index in [0.29, 0.717) is 13.1 Å². The van der Waals surface area contributed by atoms with Gasteiger partial charge < -0.3 is 10.2 Å². The first-order valence-corrected chi connectivity index (χ1v) is 7.59. The van der Waals surface area contributed by atoms with Gasteiger partial charge in [0.15, 0.2) is 0 Å². The smallest absolute Gasteiger partial charge is 0.236 e. The molecule has 5 heteroatoms. The third kappa shape index (κ3) is 4.71. The van der Waals surface area contributed by atoms with E-state index >= 15 is 0 Å². The van der Waals surface area contributed by atoms with Crippen molar-refractivity contribution in [3.8, 4) is 0 Å². The van der Waals surface area contributed by atoms with Crippen molar-refractivity contribution in [2.75, 3.05) is 19.6 Å². The summed E-state index contributed by atoms with van der Waals surface area (Å²) in [5.74, 6) is 0.149. The summed E-state index contributed by atoms with van der Waals surface area (Å²) in [6, 6.07) is 6.07. The summed E-state index contributed by atoms with van der Waals surface area (Å²) < 4.78 is 2.06. The maximum atomic E-state index is 11.8. The molecule has 0 fully saturated rings. The number of carbonyl (C=O) groups excluding carboxylic acids is 1. The van der Waals surface area contributed by atoms with Crippen LogP contribution < -0.4 is 5.32 Å². The van der Waals surface area contributed by atoms with Gasteiger partial charge in [-0.3, -0.25) is 4.79 Å². The number of hydrogen-bond acceptors (Lipinski definition) is 2. The molecule has 0 unspecified atom stereocenters. The molecule has 1 amide bonds. The summed E-state index contributed by atoms with van der Waals surface area (Å²) in [5, 5.41) is 3.17. The zero-order chi connectivity index (χ0) is 13.5. The topological polar surface area (TPSA) is 32.3 Å². The van der Waals surface area contributed by atoms with Crippen LogP contribution in [-0.4, -0.2) is 30.4 Å². The van der Waals surface area contributed by atoms with E-state index < -0.39 is 0 Å². The second-order valence-electron chi connectivity index (χ2n) is 3.92. The monoisotopic (exact) mass is 376 g/mol. The lowest BCUT2D eigenvalue weighted by Gasteiger charge is -2.18. The van der Waals surface area contributed by atoms with E-state index in [2.05, 4.69) is 37.2 Å². The lowest BCUT2D eigenvalue weighted by molar-refractivity contribution is -0.129. The van der Waals surface area contributed by atoms with Crippen LogP contribution in [0.1, 0.15) is 19.4 Å². The van der Waals surface area contributed by atoms with E-state index in [0.717, 1.165) is 27.6 Å². The molecule has 1 N–H and O–H groups in total. The molecule has 0 saturated carbocycles. The number of halogens is 2. The van der Waals surface area contributed by atoms with Gasteiger partial charge in [-0.15, -0.1) is 0 Å². The maximum Gasteiger partial charge on any atom is 0.236 e. The summed E-state index contributed by atoms with van der Waals surface area (Å²) in [6.07, 6.45) is 0. The number of amides is 1. The third-order valence-electron chi connectivity index (χ3n) is 2.71. The Morgan fingerprint density at radius 2 is 1.89 bits per heavy atom. The number of rotatable bonds is 6. The predicted octanol–water partition coefficient (Wildman–Crippen LogP) is 3.17. The standard InChI is InChI=1S/C13H18Br2N2O/c1-3-17(4-2)13(18)9-16-8-10-5-6-11(14)12(15)7-10/h5-7,16H,3-4,8-9H2,1-2H3. The van der Waals surface area contributed by atoms with E-state index in [1.807, 2.05) is 36.9 Å². The molecule has 1 rings (SSSR count). The average Bonchev–Trinajstić information content (AvgIpc) is 2.35. The zero-order valence-electron chi connectivity index (χ0n) is 10.7. The largest absolute Gasteiger partial charge is 0.342 e. The molecule has 0 aliphatic rings. The Kier molecular flexibility index (Phi) is 6.89. The van der Waals surface area contributed by atoms with Gasteiger partial charge in [-0.2, -0.15) is 0 Å². The van der Waals surface area contributed by atoms with Gasteiger partial charge in [-0.25, -0.2) is 0 Å². The Morgan fingerprint density at radius 1 is 1.22 bits per heavy atom. The van der Waals surface area contributed by atoms with Gasteiger partial charge in [0.1, 0.15) is 0 Å². The van der Waals surface area contributed by atoms with Gasteiger partial charge >= 0.3 is 0 Å². The van der Waals surface area contributed by atoms with Crippen molar-refractivity contribution in [1.29, 1.82) is 0 Å². The summed E-state index contributed by atoms with van der Waals surface area (Å²) >= 11 is 6.89. The van der Waals surface area contributed by atoms with Gasteiger partial charge in [0.05, 0.1) is 6.54 Å². The lowest BCUT2D eigenvalue weighted by Crippen LogP contribution is -2.37. The van der Waals surface area contributed by atoms with E-state index in [-0.39, 0.29) is 5.91 Å². The molecule has 0 spiro atoms. The quantitative estimate of drug-likeness (QED) is 0.825. The molecule has 0 heterocycles. The van der Waals surface area contributed by atoms with Crippen LogP contribution in [0.15, 0.2) is 27.1 Å². The second kappa shape index (κ2) is 7.92. The molecule has 18 heavy (non-hydrogen) atoms. The highest BCUT2D eigenvalue weighted by Crippen LogP contribution is 2.23. The Bertz CT molecular complexity index is 406. The van der Waals surface area contributed by atoms with Crippen molar-refractivity contribution in [2.45, 2.75) is 20.4 Å². The van der Waals surface area contributed by atoms with Crippen LogP contribution in [0.3, 0.4) is 0 Å². The molecule has 100 valence electrons. The molecule has 3 nitrogen and oxygen atoms in total. The fourth-order valence-corrected chi connectivity index (χ4v) is 2.32. The number of nitrogens with zero attached hydrogens (tertiary/aromatic N) is 1. The SMILES string of the molecule is CCN(CC)C(=O)CNCc1ccc(Br)c(Br)c1. The van der Waals surface area contributed by atoms with Crippen molar-refractivity contribution in [3.05, 3.63) is 32.7 Å². The minimum absolute atomic E-state index is 0.149. The molecule has 0 aliphatic carbocycles. The fourth-order valence-electron chi connectivity index (χ4n) is 1.65. The predicted molar refractivity (Wildman–Crippen MR) is 81.5 cm³/mol. The second-order valence-corrected chi connectivity index (χ2v) is 5.63. The summed E-state index contributed by atoms with van der Waals surface area (Å²) in [6.45, 7) is 6.59. The van der Waals surface area contributed by atoms with E-state index in [9.17, 15) is 4.79 Å². The van der Waals surface area contributed by atoms with Crippen LogP contribution in [0.4, 0.5) is 0 Å². The van der Waals surface area contributed by atoms with Crippen LogP contribution in [0.25, 0.3) is 0 Å². The van der Waals surface area contributed by atoms with Gasteiger partial charge in [0.2, 0.25) is 5.91 Å². The third-order valence-corrected chi connectivity index (χ3v) is 4.59. The van der Waals surface area contributed by atoms with Crippen molar-refractivity contribution < 1.29 is 4.79 Å². The molecular weight excluding hydrogens is 360 g/mol. The summed E-state index contributed by atoms with van der Waals surface area (Å²) in [7, 11) is 0. The summed E-state index contributed by atoms with van der Waals surface area (Å²) in [5.41, 5.74) is 1.15. The van der Waals surface area contributed by atoms with Crippen molar-refractivity contribution in [3.63, 3.8) is 0 Å². The van der Waals surface area contributed by atoms with Crippen LogP contribution >= 0.6 is 31.9 Å². The van der Waals surface area contributed by atoms with Gasteiger partial charge in [0.25, 0.3) is 0 Å². The van der Waals surface area contributed by atoms with Gasteiger partial charge in [0, 0.05) is 28.6 Å². The molecule has 0 saturated heterocycles. The van der Waals surface area contributed by atoms with E-state index in [1.165, 1.54) is 0 Å². The first-order valence-electron chi connectivity index (χ1n) is 6.00. The number of benzene rings is 1. The molecule has 1 aromatic rings. The number of hydrogen-bond donors (Lipinski definition) is 1. The van der Waals surface area contributed by atoms with E-state index in [4.69, 9.17) is 0 Å². The average molecular weight is 378 g/mol. The van der Waals surface area contributed by atoms with Crippen LogP contribution in [0.2, 0.25) is 0 Å². The van der Waals surface area contributed by atoms with Crippen LogP contribution in [0, 0.1) is 0 Å². The fraction of sp³-hybridized carbons (Fsp3) is 0.462. The molecule has 0 aliphatic heterocycles. The minimum atomic E-state index is 0.149. The molecule has 0 aromatic heterocycles. The molecule has 0 radical (unpaired) electrons. The highest BCUT2D eigenvalue weighted by Gasteiger charge is 2.08. The first-order chi connectivity index (χ1) is 8.58. The van der Waals surface area contributed by atoms with Crippen LogP contribution in [0.5, 0.6) is 0 Å². The lowest BCUT2D eigenvalue weighted by atomic mass is 10.2. The Hall–Kier alpha value is -0.390. The maximum absolute atomic E-state index is 11.8. The Labute approximate surface area is 125 Å². The van der Waals surface area contributed by atoms with E-state index in [1.54, 1.807) is 0 Å². The first kappa shape index (κ1) is 15.7. The highest BCUT2D eigenvalue weighted by molar-refractivity contribution is 9.13.